The fraction of sp³-hybridized carbons (Fsp3) is 0.222. The van der Waals surface area contributed by atoms with Crippen LogP contribution in [0.2, 0.25) is 0 Å². The van der Waals surface area contributed by atoms with Gasteiger partial charge in [-0.15, -0.1) is 11.3 Å². The average molecular weight is 550 g/mol. The number of thiophene rings is 1. The molecule has 0 aliphatic carbocycles. The number of hydrogen-bond donors (Lipinski definition) is 0. The molecule has 0 saturated heterocycles. The van der Waals surface area contributed by atoms with Crippen LogP contribution in [0.15, 0.2) is 79.4 Å². The molecule has 0 amide bonds. The van der Waals surface area contributed by atoms with Crippen molar-refractivity contribution in [3.05, 3.63) is 106 Å². The van der Waals surface area contributed by atoms with Crippen LogP contribution in [0.4, 0.5) is 5.69 Å². The monoisotopic (exact) mass is 549 g/mol. The number of thiazole rings is 1. The highest BCUT2D eigenvalue weighted by Gasteiger charge is 2.34. The van der Waals surface area contributed by atoms with E-state index >= 15 is 0 Å². The number of ether oxygens (including phenoxy) is 1. The van der Waals surface area contributed by atoms with Crippen molar-refractivity contribution < 1.29 is 18.9 Å². The number of nitro benzene ring substituents is 1. The van der Waals surface area contributed by atoms with Crippen LogP contribution >= 0.6 is 22.7 Å². The van der Waals surface area contributed by atoms with Crippen molar-refractivity contribution in [2.75, 3.05) is 6.61 Å². The Kier molecular flexibility index (Phi) is 6.96. The first-order chi connectivity index (χ1) is 18.2. The number of nitrogens with zero attached hydrogens (tertiary/aromatic N) is 3. The van der Waals surface area contributed by atoms with Gasteiger partial charge in [-0.2, -0.15) is 0 Å². The number of furan rings is 1. The van der Waals surface area contributed by atoms with E-state index in [9.17, 15) is 19.7 Å². The minimum Gasteiger partial charge on any atom is -0.462 e. The summed E-state index contributed by atoms with van der Waals surface area (Å²) < 4.78 is 13.4. The van der Waals surface area contributed by atoms with Gasteiger partial charge >= 0.3 is 5.97 Å². The van der Waals surface area contributed by atoms with Crippen LogP contribution in [-0.2, 0) is 9.53 Å². The third-order valence-electron chi connectivity index (χ3n) is 5.84. The molecule has 3 aromatic heterocycles. The standard InChI is InChI=1S/C27H23N3O6S2/c1-15(2)14-35-26(32)23-16(3)28-27-29(24(23)21-8-5-11-37-21)25(31)22(38-27)13-19-9-10-20(36-19)17-6-4-7-18(12-17)30(33)34/h4-13,15,24H,14H2,1-3H3. The zero-order valence-electron chi connectivity index (χ0n) is 20.7. The maximum Gasteiger partial charge on any atom is 0.338 e. The lowest BCUT2D eigenvalue weighted by Gasteiger charge is -2.23. The molecule has 1 aromatic carbocycles. The van der Waals surface area contributed by atoms with E-state index in [2.05, 4.69) is 4.99 Å². The first kappa shape index (κ1) is 25.6. The van der Waals surface area contributed by atoms with E-state index in [1.165, 1.54) is 39.4 Å². The highest BCUT2D eigenvalue weighted by atomic mass is 32.1. The summed E-state index contributed by atoms with van der Waals surface area (Å²) in [5.74, 6) is 0.536. The van der Waals surface area contributed by atoms with Gasteiger partial charge in [0.15, 0.2) is 4.80 Å². The van der Waals surface area contributed by atoms with Gasteiger partial charge in [0.1, 0.15) is 17.6 Å². The van der Waals surface area contributed by atoms with Crippen molar-refractivity contribution in [3.63, 3.8) is 0 Å². The fourth-order valence-corrected chi connectivity index (χ4v) is 5.96. The van der Waals surface area contributed by atoms with Gasteiger partial charge in [-0.05, 0) is 36.4 Å². The van der Waals surface area contributed by atoms with Crippen LogP contribution in [0, 0.1) is 16.0 Å². The molecule has 0 radical (unpaired) electrons. The van der Waals surface area contributed by atoms with Crippen LogP contribution in [0.5, 0.6) is 0 Å². The molecule has 4 heterocycles. The topological polar surface area (TPSA) is 117 Å². The van der Waals surface area contributed by atoms with Crippen molar-refractivity contribution in [1.82, 2.24) is 4.57 Å². The maximum atomic E-state index is 13.7. The summed E-state index contributed by atoms with van der Waals surface area (Å²) in [5, 5.41) is 13.0. The van der Waals surface area contributed by atoms with Gasteiger partial charge in [0.25, 0.3) is 11.2 Å². The van der Waals surface area contributed by atoms with Crippen LogP contribution in [0.3, 0.4) is 0 Å². The lowest BCUT2D eigenvalue weighted by Crippen LogP contribution is -2.39. The fourth-order valence-electron chi connectivity index (χ4n) is 4.11. The lowest BCUT2D eigenvalue weighted by atomic mass is 10.0. The molecule has 1 aliphatic heterocycles. The molecular weight excluding hydrogens is 526 g/mol. The van der Waals surface area contributed by atoms with E-state index in [0.29, 0.717) is 37.7 Å². The van der Waals surface area contributed by atoms with Gasteiger partial charge in [0.05, 0.1) is 27.3 Å². The number of carbonyl (C=O) groups excluding carboxylic acids is 1. The van der Waals surface area contributed by atoms with E-state index in [-0.39, 0.29) is 23.8 Å². The van der Waals surface area contributed by atoms with Crippen molar-refractivity contribution in [1.29, 1.82) is 0 Å². The van der Waals surface area contributed by atoms with Gasteiger partial charge in [0.2, 0.25) is 0 Å². The number of carbonyl (C=O) groups is 1. The van der Waals surface area contributed by atoms with Crippen molar-refractivity contribution >= 4 is 40.4 Å². The molecule has 0 N–H and O–H groups in total. The van der Waals surface area contributed by atoms with Crippen molar-refractivity contribution in [2.45, 2.75) is 26.8 Å². The molecule has 38 heavy (non-hydrogen) atoms. The second-order valence-corrected chi connectivity index (χ2v) is 11.1. The molecule has 0 spiro atoms. The number of nitro groups is 1. The Morgan fingerprint density at radius 2 is 2.08 bits per heavy atom. The summed E-state index contributed by atoms with van der Waals surface area (Å²) in [6, 6.07) is 12.7. The summed E-state index contributed by atoms with van der Waals surface area (Å²) in [4.78, 5) is 43.3. The molecule has 4 aromatic rings. The zero-order chi connectivity index (χ0) is 27.0. The van der Waals surface area contributed by atoms with E-state index in [1.54, 1.807) is 37.3 Å². The predicted octanol–water partition coefficient (Wildman–Crippen LogP) is 4.66. The second-order valence-electron chi connectivity index (χ2n) is 9.10. The third kappa shape index (κ3) is 4.90. The second kappa shape index (κ2) is 10.3. The van der Waals surface area contributed by atoms with Gasteiger partial charge < -0.3 is 9.15 Å². The van der Waals surface area contributed by atoms with Gasteiger partial charge in [-0.3, -0.25) is 19.5 Å². The summed E-state index contributed by atoms with van der Waals surface area (Å²) >= 11 is 2.65. The number of aromatic nitrogens is 1. The van der Waals surface area contributed by atoms with Crippen molar-refractivity contribution in [3.8, 4) is 11.3 Å². The predicted molar refractivity (Wildman–Crippen MR) is 145 cm³/mol. The molecule has 0 fully saturated rings. The highest BCUT2D eigenvalue weighted by molar-refractivity contribution is 7.10. The normalized spacial score (nSPS) is 15.5. The number of benzene rings is 1. The quantitative estimate of drug-likeness (QED) is 0.188. The molecular formula is C27H23N3O6S2. The number of fused-ring (bicyclic) bond motifs is 1. The number of non-ortho nitro benzene ring substituents is 1. The van der Waals surface area contributed by atoms with Crippen LogP contribution in [0.1, 0.15) is 37.5 Å². The molecule has 0 bridgehead atoms. The summed E-state index contributed by atoms with van der Waals surface area (Å²) in [7, 11) is 0. The van der Waals surface area contributed by atoms with Gasteiger partial charge in [-0.1, -0.05) is 43.4 Å². The van der Waals surface area contributed by atoms with Crippen LogP contribution in [-0.4, -0.2) is 22.1 Å². The Balaban J connectivity index is 1.57. The highest BCUT2D eigenvalue weighted by Crippen LogP contribution is 2.33. The van der Waals surface area contributed by atoms with Gasteiger partial charge in [-0.25, -0.2) is 9.79 Å². The first-order valence-electron chi connectivity index (χ1n) is 11.8. The number of allylic oxidation sites excluding steroid dienone is 1. The average Bonchev–Trinajstić information content (AvgIpc) is 3.64. The molecule has 11 heteroatoms. The van der Waals surface area contributed by atoms with Crippen LogP contribution in [0.25, 0.3) is 17.4 Å². The number of rotatable bonds is 7. The largest absolute Gasteiger partial charge is 0.462 e. The zero-order valence-corrected chi connectivity index (χ0v) is 22.4. The molecule has 0 saturated carbocycles. The molecule has 1 unspecified atom stereocenters. The van der Waals surface area contributed by atoms with Crippen molar-refractivity contribution in [2.24, 2.45) is 10.9 Å². The molecule has 194 valence electrons. The van der Waals surface area contributed by atoms with Crippen LogP contribution < -0.4 is 14.9 Å². The summed E-state index contributed by atoms with van der Waals surface area (Å²) in [5.41, 5.74) is 1.06. The SMILES string of the molecule is CC1=C(C(=O)OCC(C)C)C(c2cccs2)n2c(sc(=Cc3ccc(-c4cccc([N+](=O)[O-])c4)o3)c2=O)=N1. The minimum absolute atomic E-state index is 0.0413. The number of hydrogen-bond acceptors (Lipinski definition) is 9. The molecule has 1 aliphatic rings. The smallest absolute Gasteiger partial charge is 0.338 e. The molecule has 9 nitrogen and oxygen atoms in total. The Bertz CT molecular complexity index is 1740. The Morgan fingerprint density at radius 1 is 1.26 bits per heavy atom. The first-order valence-corrected chi connectivity index (χ1v) is 13.5. The van der Waals surface area contributed by atoms with E-state index < -0.39 is 16.9 Å². The maximum absolute atomic E-state index is 13.7. The Labute approximate surface area is 224 Å². The third-order valence-corrected chi connectivity index (χ3v) is 7.75. The lowest BCUT2D eigenvalue weighted by molar-refractivity contribution is -0.384. The Morgan fingerprint density at radius 3 is 2.79 bits per heavy atom. The summed E-state index contributed by atoms with van der Waals surface area (Å²) in [6.45, 7) is 5.93. The Hall–Kier alpha value is -4.09. The molecule has 1 atom stereocenters. The van der Waals surface area contributed by atoms with Gasteiger partial charge in [0, 0.05) is 28.6 Å². The van der Waals surface area contributed by atoms with E-state index in [1.807, 2.05) is 31.4 Å². The number of esters is 1. The summed E-state index contributed by atoms with van der Waals surface area (Å²) in [6.07, 6.45) is 1.62. The van der Waals surface area contributed by atoms with E-state index in [0.717, 1.165) is 4.88 Å². The minimum atomic E-state index is -0.648. The molecule has 5 rings (SSSR count). The van der Waals surface area contributed by atoms with E-state index in [4.69, 9.17) is 9.15 Å².